The highest BCUT2D eigenvalue weighted by atomic mass is 16.3. The van der Waals surface area contributed by atoms with Crippen molar-refractivity contribution in [2.24, 2.45) is 17.8 Å². The summed E-state index contributed by atoms with van der Waals surface area (Å²) in [6.07, 6.45) is 4.65. The molecule has 0 saturated heterocycles. The van der Waals surface area contributed by atoms with E-state index in [1.54, 1.807) is 0 Å². The molecule has 0 bridgehead atoms. The molecule has 0 heterocycles. The van der Waals surface area contributed by atoms with Gasteiger partial charge in [-0.15, -0.1) is 0 Å². The van der Waals surface area contributed by atoms with Crippen LogP contribution in [0.5, 0.6) is 0 Å². The minimum absolute atomic E-state index is 0.388. The molecule has 1 N–H and O–H groups in total. The van der Waals surface area contributed by atoms with Gasteiger partial charge in [-0.25, -0.2) is 0 Å². The van der Waals surface area contributed by atoms with Gasteiger partial charge in [-0.2, -0.15) is 0 Å². The van der Waals surface area contributed by atoms with Gasteiger partial charge in [0, 0.05) is 0 Å². The lowest BCUT2D eigenvalue weighted by molar-refractivity contribution is -0.0387. The van der Waals surface area contributed by atoms with E-state index in [1.165, 1.54) is 12.0 Å². The second-order valence-electron chi connectivity index (χ2n) is 6.81. The van der Waals surface area contributed by atoms with Crippen LogP contribution in [0.2, 0.25) is 0 Å². The molecule has 1 nitrogen and oxygen atoms in total. The van der Waals surface area contributed by atoms with Crippen molar-refractivity contribution in [1.29, 1.82) is 0 Å². The molecular formula is C18H28O. The molecule has 3 unspecified atom stereocenters. The summed E-state index contributed by atoms with van der Waals surface area (Å²) in [6.45, 7) is 8.80. The molecule has 1 aliphatic rings. The Labute approximate surface area is 118 Å². The number of benzene rings is 1. The predicted octanol–water partition coefficient (Wildman–Crippen LogP) is 4.53. The first-order chi connectivity index (χ1) is 8.93. The summed E-state index contributed by atoms with van der Waals surface area (Å²) in [7, 11) is 0. The lowest BCUT2D eigenvalue weighted by atomic mass is 9.68. The molecule has 0 aliphatic heterocycles. The third-order valence-corrected chi connectivity index (χ3v) is 4.92. The number of aliphatic hydroxyl groups is 1. The van der Waals surface area contributed by atoms with E-state index in [9.17, 15) is 5.11 Å². The largest absolute Gasteiger partial charge is 0.385 e. The first-order valence-corrected chi connectivity index (χ1v) is 7.75. The van der Waals surface area contributed by atoms with Crippen LogP contribution in [0.3, 0.4) is 0 Å². The maximum Gasteiger partial charge on any atom is 0.0896 e. The molecule has 1 heteroatoms. The Morgan fingerprint density at radius 2 is 1.58 bits per heavy atom. The maximum absolute atomic E-state index is 11.0. The molecule has 19 heavy (non-hydrogen) atoms. The van der Waals surface area contributed by atoms with E-state index in [0.717, 1.165) is 36.7 Å². The highest BCUT2D eigenvalue weighted by Crippen LogP contribution is 2.43. The molecule has 0 radical (unpaired) electrons. The Balaban J connectivity index is 2.19. The fraction of sp³-hybridized carbons (Fsp3) is 0.667. The molecule has 1 aromatic rings. The minimum Gasteiger partial charge on any atom is -0.385 e. The van der Waals surface area contributed by atoms with Gasteiger partial charge in [0.25, 0.3) is 0 Å². The monoisotopic (exact) mass is 260 g/mol. The zero-order chi connectivity index (χ0) is 14.0. The van der Waals surface area contributed by atoms with Crippen molar-refractivity contribution < 1.29 is 5.11 Å². The van der Waals surface area contributed by atoms with Crippen LogP contribution in [0.15, 0.2) is 24.3 Å². The van der Waals surface area contributed by atoms with Gasteiger partial charge in [0.05, 0.1) is 5.60 Å². The highest BCUT2D eigenvalue weighted by Gasteiger charge is 2.38. The Morgan fingerprint density at radius 1 is 1.05 bits per heavy atom. The van der Waals surface area contributed by atoms with E-state index in [1.807, 2.05) is 6.92 Å². The van der Waals surface area contributed by atoms with Crippen molar-refractivity contribution in [3.05, 3.63) is 35.4 Å². The first kappa shape index (κ1) is 14.6. The van der Waals surface area contributed by atoms with E-state index in [2.05, 4.69) is 45.0 Å². The molecule has 2 rings (SSSR count). The summed E-state index contributed by atoms with van der Waals surface area (Å²) < 4.78 is 0. The number of aryl methyl sites for hydroxylation is 1. The fourth-order valence-corrected chi connectivity index (χ4v) is 3.72. The molecule has 0 amide bonds. The molecule has 1 fully saturated rings. The van der Waals surface area contributed by atoms with Gasteiger partial charge >= 0.3 is 0 Å². The topological polar surface area (TPSA) is 20.2 Å². The zero-order valence-corrected chi connectivity index (χ0v) is 12.8. The predicted molar refractivity (Wildman–Crippen MR) is 81.1 cm³/mol. The Kier molecular flexibility index (Phi) is 4.35. The second-order valence-corrected chi connectivity index (χ2v) is 6.81. The summed E-state index contributed by atoms with van der Waals surface area (Å²) in [5, 5.41) is 11.0. The quantitative estimate of drug-likeness (QED) is 0.846. The van der Waals surface area contributed by atoms with Crippen molar-refractivity contribution >= 4 is 0 Å². The van der Waals surface area contributed by atoms with Crippen LogP contribution in [0, 0.1) is 17.8 Å². The second kappa shape index (κ2) is 5.66. The summed E-state index contributed by atoms with van der Waals surface area (Å²) in [6, 6.07) is 8.53. The molecule has 3 atom stereocenters. The maximum atomic E-state index is 11.0. The highest BCUT2D eigenvalue weighted by molar-refractivity contribution is 5.27. The van der Waals surface area contributed by atoms with Crippen molar-refractivity contribution in [1.82, 2.24) is 0 Å². The van der Waals surface area contributed by atoms with Gasteiger partial charge < -0.3 is 5.11 Å². The third-order valence-electron chi connectivity index (χ3n) is 4.92. The van der Waals surface area contributed by atoms with Crippen LogP contribution in [0.4, 0.5) is 0 Å². The molecule has 0 aromatic heterocycles. The van der Waals surface area contributed by atoms with Crippen LogP contribution in [-0.2, 0) is 12.0 Å². The summed E-state index contributed by atoms with van der Waals surface area (Å²) in [4.78, 5) is 0. The standard InChI is InChI=1S/C18H28O/c1-5-15-6-8-16(9-7-15)18(4,19)17-11-13(2)10-14(3)12-17/h6-9,13-14,17,19H,5,10-12H2,1-4H3. The van der Waals surface area contributed by atoms with Gasteiger partial charge in [-0.1, -0.05) is 45.0 Å². The average molecular weight is 260 g/mol. The summed E-state index contributed by atoms with van der Waals surface area (Å²) in [5.41, 5.74) is 1.73. The Hall–Kier alpha value is -0.820. The molecule has 1 aromatic carbocycles. The molecular weight excluding hydrogens is 232 g/mol. The van der Waals surface area contributed by atoms with Gasteiger partial charge in [-0.05, 0) is 61.5 Å². The van der Waals surface area contributed by atoms with E-state index in [4.69, 9.17) is 0 Å². The van der Waals surface area contributed by atoms with Crippen LogP contribution < -0.4 is 0 Å². The summed E-state index contributed by atoms with van der Waals surface area (Å²) >= 11 is 0. The molecule has 106 valence electrons. The number of hydrogen-bond acceptors (Lipinski definition) is 1. The normalized spacial score (nSPS) is 30.9. The minimum atomic E-state index is -0.685. The van der Waals surface area contributed by atoms with Crippen LogP contribution >= 0.6 is 0 Å². The van der Waals surface area contributed by atoms with E-state index in [-0.39, 0.29) is 0 Å². The molecule has 1 aliphatic carbocycles. The van der Waals surface area contributed by atoms with Gasteiger partial charge in [0.1, 0.15) is 0 Å². The third kappa shape index (κ3) is 3.20. The first-order valence-electron chi connectivity index (χ1n) is 7.75. The van der Waals surface area contributed by atoms with Crippen LogP contribution in [0.25, 0.3) is 0 Å². The average Bonchev–Trinajstić information content (AvgIpc) is 2.37. The summed E-state index contributed by atoms with van der Waals surface area (Å²) in [5.74, 6) is 1.85. The molecule has 1 saturated carbocycles. The SMILES string of the molecule is CCc1ccc(C(C)(O)C2CC(C)CC(C)C2)cc1. The van der Waals surface area contributed by atoms with E-state index in [0.29, 0.717) is 5.92 Å². The number of hydrogen-bond donors (Lipinski definition) is 1. The number of rotatable bonds is 3. The van der Waals surface area contributed by atoms with Crippen molar-refractivity contribution in [3.8, 4) is 0 Å². The van der Waals surface area contributed by atoms with Gasteiger partial charge in [0.15, 0.2) is 0 Å². The van der Waals surface area contributed by atoms with Gasteiger partial charge in [0.2, 0.25) is 0 Å². The Bertz CT molecular complexity index is 394. The van der Waals surface area contributed by atoms with Crippen molar-refractivity contribution in [3.63, 3.8) is 0 Å². The smallest absolute Gasteiger partial charge is 0.0896 e. The van der Waals surface area contributed by atoms with E-state index < -0.39 is 5.60 Å². The molecule has 0 spiro atoms. The fourth-order valence-electron chi connectivity index (χ4n) is 3.72. The van der Waals surface area contributed by atoms with Crippen molar-refractivity contribution in [2.45, 2.75) is 59.0 Å². The lowest BCUT2D eigenvalue weighted by Crippen LogP contribution is -2.37. The van der Waals surface area contributed by atoms with Crippen molar-refractivity contribution in [2.75, 3.05) is 0 Å². The van der Waals surface area contributed by atoms with Gasteiger partial charge in [-0.3, -0.25) is 0 Å². The van der Waals surface area contributed by atoms with Crippen LogP contribution in [-0.4, -0.2) is 5.11 Å². The zero-order valence-electron chi connectivity index (χ0n) is 12.8. The van der Waals surface area contributed by atoms with Crippen LogP contribution in [0.1, 0.15) is 58.1 Å². The van der Waals surface area contributed by atoms with E-state index >= 15 is 0 Å². The Morgan fingerprint density at radius 3 is 2.05 bits per heavy atom. The lowest BCUT2D eigenvalue weighted by Gasteiger charge is -2.40.